The van der Waals surface area contributed by atoms with Crippen molar-refractivity contribution >= 4 is 5.69 Å². The van der Waals surface area contributed by atoms with E-state index in [9.17, 15) is 0 Å². The van der Waals surface area contributed by atoms with Gasteiger partial charge in [-0.15, -0.1) is 0 Å². The van der Waals surface area contributed by atoms with Gasteiger partial charge in [0.1, 0.15) is 17.2 Å². The van der Waals surface area contributed by atoms with Gasteiger partial charge in [-0.1, -0.05) is 0 Å². The Kier molecular flexibility index (Phi) is 5.53. The first-order valence-corrected chi connectivity index (χ1v) is 7.63. The lowest BCUT2D eigenvalue weighted by molar-refractivity contribution is 0.324. The molecule has 1 heterocycles. The predicted octanol–water partition coefficient (Wildman–Crippen LogP) is 2.61. The molecule has 1 saturated heterocycles. The molecule has 1 aromatic carbocycles. The van der Waals surface area contributed by atoms with E-state index >= 15 is 0 Å². The molecule has 1 aromatic rings. The zero-order chi connectivity index (χ0) is 14.4. The molecule has 0 aromatic heterocycles. The highest BCUT2D eigenvalue weighted by molar-refractivity contribution is 5.64. The van der Waals surface area contributed by atoms with Crippen molar-refractivity contribution in [3.05, 3.63) is 17.7 Å². The Bertz CT molecular complexity index is 401. The number of nitrogen functional groups attached to an aromatic ring is 1. The van der Waals surface area contributed by atoms with E-state index in [1.807, 2.05) is 13.8 Å². The Hall–Kier alpha value is -1.42. The number of piperidine rings is 1. The van der Waals surface area contributed by atoms with Gasteiger partial charge in [0, 0.05) is 0 Å². The summed E-state index contributed by atoms with van der Waals surface area (Å²) in [6.45, 7) is 7.41. The molecule has 20 heavy (non-hydrogen) atoms. The lowest BCUT2D eigenvalue weighted by Crippen LogP contribution is -2.30. The minimum atomic E-state index is 0.610. The van der Waals surface area contributed by atoms with Crippen LogP contribution in [0.2, 0.25) is 0 Å². The average Bonchev–Trinajstić information content (AvgIpc) is 2.45. The predicted molar refractivity (Wildman–Crippen MR) is 82.5 cm³/mol. The van der Waals surface area contributed by atoms with Crippen LogP contribution in [0.15, 0.2) is 12.1 Å². The molecule has 0 aliphatic carbocycles. The van der Waals surface area contributed by atoms with Crippen LogP contribution in [0.1, 0.15) is 32.3 Å². The highest BCUT2D eigenvalue weighted by atomic mass is 16.5. The Balaban J connectivity index is 2.17. The largest absolute Gasteiger partial charge is 0.492 e. The van der Waals surface area contributed by atoms with Gasteiger partial charge in [-0.25, -0.2) is 0 Å². The van der Waals surface area contributed by atoms with Crippen molar-refractivity contribution in [3.63, 3.8) is 0 Å². The van der Waals surface area contributed by atoms with Crippen LogP contribution in [0, 0.1) is 5.92 Å². The topological polar surface area (TPSA) is 56.5 Å². The molecule has 0 bridgehead atoms. The van der Waals surface area contributed by atoms with E-state index in [4.69, 9.17) is 15.2 Å². The summed E-state index contributed by atoms with van der Waals surface area (Å²) in [5.74, 6) is 2.19. The minimum Gasteiger partial charge on any atom is -0.492 e. The number of hydrogen-bond donors (Lipinski definition) is 2. The molecule has 4 nitrogen and oxygen atoms in total. The van der Waals surface area contributed by atoms with Gasteiger partial charge in [-0.2, -0.15) is 0 Å². The lowest BCUT2D eigenvalue weighted by atomic mass is 9.92. The van der Waals surface area contributed by atoms with Gasteiger partial charge in [-0.3, -0.25) is 0 Å². The first-order valence-electron chi connectivity index (χ1n) is 7.63. The molecular weight excluding hydrogens is 252 g/mol. The molecule has 1 unspecified atom stereocenters. The van der Waals surface area contributed by atoms with Crippen molar-refractivity contribution in [2.24, 2.45) is 5.92 Å². The number of anilines is 1. The average molecular weight is 278 g/mol. The zero-order valence-corrected chi connectivity index (χ0v) is 12.6. The molecule has 1 atom stereocenters. The summed E-state index contributed by atoms with van der Waals surface area (Å²) in [5, 5.41) is 3.46. The summed E-state index contributed by atoms with van der Waals surface area (Å²) in [6, 6.07) is 4.13. The van der Waals surface area contributed by atoms with Crippen molar-refractivity contribution < 1.29 is 9.47 Å². The molecular formula is C16H26N2O2. The molecule has 0 spiro atoms. The van der Waals surface area contributed by atoms with Crippen LogP contribution >= 0.6 is 0 Å². The fourth-order valence-corrected chi connectivity index (χ4v) is 2.75. The quantitative estimate of drug-likeness (QED) is 0.785. The molecule has 4 heteroatoms. The van der Waals surface area contributed by atoms with E-state index in [0.29, 0.717) is 24.8 Å². The Labute approximate surface area is 121 Å². The number of rotatable bonds is 6. The van der Waals surface area contributed by atoms with Crippen molar-refractivity contribution in [1.82, 2.24) is 5.32 Å². The van der Waals surface area contributed by atoms with E-state index in [1.54, 1.807) is 0 Å². The van der Waals surface area contributed by atoms with Gasteiger partial charge >= 0.3 is 0 Å². The maximum absolute atomic E-state index is 6.10. The van der Waals surface area contributed by atoms with Crippen LogP contribution in [0.4, 0.5) is 5.69 Å². The summed E-state index contributed by atoms with van der Waals surface area (Å²) in [6.07, 6.45) is 3.59. The van der Waals surface area contributed by atoms with E-state index in [2.05, 4.69) is 17.4 Å². The van der Waals surface area contributed by atoms with Crippen LogP contribution in [0.25, 0.3) is 0 Å². The minimum absolute atomic E-state index is 0.610. The van der Waals surface area contributed by atoms with Crippen molar-refractivity contribution in [3.8, 4) is 11.5 Å². The van der Waals surface area contributed by atoms with Crippen LogP contribution in [-0.2, 0) is 6.42 Å². The number of nitrogens with one attached hydrogen (secondary N) is 1. The van der Waals surface area contributed by atoms with E-state index < -0.39 is 0 Å². The Morgan fingerprint density at radius 1 is 1.20 bits per heavy atom. The number of ether oxygens (including phenoxy) is 2. The summed E-state index contributed by atoms with van der Waals surface area (Å²) in [7, 11) is 0. The smallest absolute Gasteiger partial charge is 0.146 e. The molecule has 0 saturated carbocycles. The molecule has 0 radical (unpaired) electrons. The standard InChI is InChI=1S/C16H26N2O2/c1-3-19-14-9-13(8-12-6-5-7-18-11-12)10-15(16(14)17)20-4-2/h9-10,12,18H,3-8,11,17H2,1-2H3. The molecule has 112 valence electrons. The first kappa shape index (κ1) is 15.0. The number of benzene rings is 1. The van der Waals surface area contributed by atoms with Crippen molar-refractivity contribution in [2.45, 2.75) is 33.1 Å². The summed E-state index contributed by atoms with van der Waals surface area (Å²) in [4.78, 5) is 0. The van der Waals surface area contributed by atoms with E-state index in [0.717, 1.165) is 31.0 Å². The van der Waals surface area contributed by atoms with Gasteiger partial charge in [0.25, 0.3) is 0 Å². The molecule has 0 amide bonds. The molecule has 1 fully saturated rings. The Morgan fingerprint density at radius 2 is 1.85 bits per heavy atom. The molecule has 3 N–H and O–H groups in total. The lowest BCUT2D eigenvalue weighted by Gasteiger charge is -2.23. The van der Waals surface area contributed by atoms with Crippen molar-refractivity contribution in [2.75, 3.05) is 32.0 Å². The summed E-state index contributed by atoms with van der Waals surface area (Å²) >= 11 is 0. The highest BCUT2D eigenvalue weighted by Crippen LogP contribution is 2.34. The van der Waals surface area contributed by atoms with Crippen LogP contribution in [0.5, 0.6) is 11.5 Å². The normalized spacial score (nSPS) is 18.8. The monoisotopic (exact) mass is 278 g/mol. The summed E-state index contributed by atoms with van der Waals surface area (Å²) < 4.78 is 11.3. The van der Waals surface area contributed by atoms with Gasteiger partial charge in [0.15, 0.2) is 0 Å². The number of hydrogen-bond acceptors (Lipinski definition) is 4. The Morgan fingerprint density at radius 3 is 2.35 bits per heavy atom. The van der Waals surface area contributed by atoms with Crippen molar-refractivity contribution in [1.29, 1.82) is 0 Å². The van der Waals surface area contributed by atoms with Crippen LogP contribution in [0.3, 0.4) is 0 Å². The third-order valence-corrected chi connectivity index (χ3v) is 3.69. The molecule has 1 aliphatic rings. The SMILES string of the molecule is CCOc1cc(CC2CCCNC2)cc(OCC)c1N. The fraction of sp³-hybridized carbons (Fsp3) is 0.625. The maximum Gasteiger partial charge on any atom is 0.146 e. The zero-order valence-electron chi connectivity index (χ0n) is 12.6. The van der Waals surface area contributed by atoms with E-state index in [1.165, 1.54) is 18.4 Å². The third-order valence-electron chi connectivity index (χ3n) is 3.69. The van der Waals surface area contributed by atoms with Gasteiger partial charge in [0.2, 0.25) is 0 Å². The molecule has 2 rings (SSSR count). The second-order valence-electron chi connectivity index (χ2n) is 5.29. The van der Waals surface area contributed by atoms with Gasteiger partial charge in [0.05, 0.1) is 13.2 Å². The summed E-state index contributed by atoms with van der Waals surface area (Å²) in [5.41, 5.74) is 7.96. The number of nitrogens with two attached hydrogens (primary N) is 1. The van der Waals surface area contributed by atoms with Crippen LogP contribution < -0.4 is 20.5 Å². The maximum atomic E-state index is 6.10. The second-order valence-corrected chi connectivity index (χ2v) is 5.29. The first-order chi connectivity index (χ1) is 9.74. The van der Waals surface area contributed by atoms with Crippen LogP contribution in [-0.4, -0.2) is 26.3 Å². The van der Waals surface area contributed by atoms with Gasteiger partial charge < -0.3 is 20.5 Å². The molecule has 1 aliphatic heterocycles. The highest BCUT2D eigenvalue weighted by Gasteiger charge is 2.16. The fourth-order valence-electron chi connectivity index (χ4n) is 2.75. The van der Waals surface area contributed by atoms with E-state index in [-0.39, 0.29) is 0 Å². The van der Waals surface area contributed by atoms with Gasteiger partial charge in [-0.05, 0) is 69.8 Å². The third kappa shape index (κ3) is 3.79. The second kappa shape index (κ2) is 7.39.